The molecule has 1 aromatic rings. The summed E-state index contributed by atoms with van der Waals surface area (Å²) in [5.74, 6) is 5.54. The molecule has 0 aliphatic rings. The number of nitrogens with two attached hydrogens (primary N) is 1. The average Bonchev–Trinajstić information content (AvgIpc) is 2.38. The van der Waals surface area contributed by atoms with E-state index in [1.165, 1.54) is 18.3 Å². The van der Waals surface area contributed by atoms with Crippen LogP contribution in [0.4, 0.5) is 5.82 Å². The van der Waals surface area contributed by atoms with Crippen molar-refractivity contribution >= 4 is 15.8 Å². The molecule has 0 fully saturated rings. The third-order valence-electron chi connectivity index (χ3n) is 2.79. The van der Waals surface area contributed by atoms with E-state index < -0.39 is 10.0 Å². The first kappa shape index (κ1) is 15.9. The Hall–Kier alpha value is -1.18. The van der Waals surface area contributed by atoms with E-state index in [-0.39, 0.29) is 10.9 Å². The van der Waals surface area contributed by atoms with Crippen LogP contribution in [0.2, 0.25) is 0 Å². The molecule has 0 radical (unpaired) electrons. The number of nitrogen functional groups attached to an aromatic ring is 1. The summed E-state index contributed by atoms with van der Waals surface area (Å²) >= 11 is 0. The van der Waals surface area contributed by atoms with Crippen LogP contribution in [0.3, 0.4) is 0 Å². The smallest absolute Gasteiger partial charge is 0.240 e. The van der Waals surface area contributed by atoms with Crippen molar-refractivity contribution in [2.75, 3.05) is 5.43 Å². The maximum absolute atomic E-state index is 12.1. The van der Waals surface area contributed by atoms with Crippen molar-refractivity contribution in [2.45, 2.75) is 50.5 Å². The second-order valence-electron chi connectivity index (χ2n) is 4.54. The zero-order valence-electron chi connectivity index (χ0n) is 11.4. The molecule has 108 valence electrons. The number of nitrogens with one attached hydrogen (secondary N) is 2. The summed E-state index contributed by atoms with van der Waals surface area (Å²) in [6.45, 7) is 3.99. The van der Waals surface area contributed by atoms with Gasteiger partial charge in [-0.2, -0.15) is 0 Å². The lowest BCUT2D eigenvalue weighted by Crippen LogP contribution is -2.32. The molecule has 7 heteroatoms. The van der Waals surface area contributed by atoms with Gasteiger partial charge in [0, 0.05) is 18.3 Å². The molecule has 4 N–H and O–H groups in total. The van der Waals surface area contributed by atoms with Crippen LogP contribution in [0.15, 0.2) is 23.2 Å². The normalized spacial score (nSPS) is 13.2. The van der Waals surface area contributed by atoms with Gasteiger partial charge in [-0.25, -0.2) is 24.0 Å². The first-order valence-electron chi connectivity index (χ1n) is 6.44. The zero-order chi connectivity index (χ0) is 14.3. The van der Waals surface area contributed by atoms with E-state index in [0.717, 1.165) is 25.7 Å². The Morgan fingerprint density at radius 1 is 1.42 bits per heavy atom. The summed E-state index contributed by atoms with van der Waals surface area (Å²) < 4.78 is 26.9. The molecule has 1 rings (SSSR count). The summed E-state index contributed by atoms with van der Waals surface area (Å²) in [6, 6.07) is 2.77. The molecular formula is C12H22N4O2S. The molecule has 1 unspecified atom stereocenters. The summed E-state index contributed by atoms with van der Waals surface area (Å²) in [4.78, 5) is 4.05. The number of rotatable bonds is 8. The van der Waals surface area contributed by atoms with E-state index in [1.807, 2.05) is 6.92 Å². The van der Waals surface area contributed by atoms with Gasteiger partial charge in [-0.05, 0) is 19.4 Å². The third kappa shape index (κ3) is 5.14. The van der Waals surface area contributed by atoms with Gasteiger partial charge >= 0.3 is 0 Å². The van der Waals surface area contributed by atoms with Gasteiger partial charge in [0.1, 0.15) is 5.82 Å². The molecule has 0 amide bonds. The monoisotopic (exact) mass is 286 g/mol. The summed E-state index contributed by atoms with van der Waals surface area (Å²) in [6.07, 6.45) is 5.50. The second-order valence-corrected chi connectivity index (χ2v) is 6.25. The maximum atomic E-state index is 12.1. The predicted octanol–water partition coefficient (Wildman–Crippen LogP) is 1.61. The number of hydrogen-bond acceptors (Lipinski definition) is 5. The van der Waals surface area contributed by atoms with Gasteiger partial charge < -0.3 is 5.43 Å². The fourth-order valence-corrected chi connectivity index (χ4v) is 3.04. The quantitative estimate of drug-likeness (QED) is 0.383. The van der Waals surface area contributed by atoms with Crippen LogP contribution < -0.4 is 16.0 Å². The van der Waals surface area contributed by atoms with E-state index in [0.29, 0.717) is 5.82 Å². The zero-order valence-corrected chi connectivity index (χ0v) is 12.2. The lowest BCUT2D eigenvalue weighted by Gasteiger charge is -2.14. The van der Waals surface area contributed by atoms with E-state index >= 15 is 0 Å². The van der Waals surface area contributed by atoms with Gasteiger partial charge in [0.15, 0.2) is 0 Å². The molecule has 0 aliphatic heterocycles. The van der Waals surface area contributed by atoms with Crippen LogP contribution in [-0.2, 0) is 10.0 Å². The van der Waals surface area contributed by atoms with Crippen LogP contribution in [0.25, 0.3) is 0 Å². The number of pyridine rings is 1. The number of anilines is 1. The van der Waals surface area contributed by atoms with Crippen molar-refractivity contribution in [2.24, 2.45) is 5.84 Å². The molecule has 0 aliphatic carbocycles. The topological polar surface area (TPSA) is 97.1 Å². The molecule has 0 spiro atoms. The van der Waals surface area contributed by atoms with Gasteiger partial charge in [-0.3, -0.25) is 0 Å². The Morgan fingerprint density at radius 2 is 2.16 bits per heavy atom. The molecule has 0 saturated carbocycles. The average molecular weight is 286 g/mol. The molecule has 1 atom stereocenters. The van der Waals surface area contributed by atoms with Crippen molar-refractivity contribution < 1.29 is 8.42 Å². The van der Waals surface area contributed by atoms with Gasteiger partial charge in [0.2, 0.25) is 10.0 Å². The van der Waals surface area contributed by atoms with E-state index in [1.54, 1.807) is 0 Å². The number of hydrogen-bond donors (Lipinski definition) is 3. The molecular weight excluding hydrogens is 264 g/mol. The Balaban J connectivity index is 2.69. The van der Waals surface area contributed by atoms with Gasteiger partial charge in [-0.15, -0.1) is 0 Å². The number of hydrazine groups is 1. The minimum Gasteiger partial charge on any atom is -0.308 e. The summed E-state index contributed by atoms with van der Waals surface area (Å²) in [7, 11) is -3.51. The largest absolute Gasteiger partial charge is 0.308 e. The van der Waals surface area contributed by atoms with Crippen LogP contribution >= 0.6 is 0 Å². The molecule has 1 aromatic heterocycles. The molecule has 6 nitrogen and oxygen atoms in total. The van der Waals surface area contributed by atoms with Gasteiger partial charge in [0.05, 0.1) is 4.90 Å². The van der Waals surface area contributed by atoms with Gasteiger partial charge in [0.25, 0.3) is 0 Å². The highest BCUT2D eigenvalue weighted by molar-refractivity contribution is 7.89. The lowest BCUT2D eigenvalue weighted by atomic mass is 10.1. The first-order chi connectivity index (χ1) is 8.99. The molecule has 0 saturated heterocycles. The standard InChI is InChI=1S/C12H22N4O2S/c1-3-4-5-6-10(2)16-19(17,18)11-7-8-14-12(9-11)15-13/h7-10,16H,3-6,13H2,1-2H3,(H,14,15). The van der Waals surface area contributed by atoms with Gasteiger partial charge in [-0.1, -0.05) is 26.2 Å². The van der Waals surface area contributed by atoms with Crippen molar-refractivity contribution in [3.8, 4) is 0 Å². The van der Waals surface area contributed by atoms with Crippen LogP contribution in [0.1, 0.15) is 39.5 Å². The minimum atomic E-state index is -3.51. The number of nitrogens with zero attached hydrogens (tertiary/aromatic N) is 1. The third-order valence-corrected chi connectivity index (χ3v) is 4.37. The highest BCUT2D eigenvalue weighted by Crippen LogP contribution is 2.13. The number of unbranched alkanes of at least 4 members (excludes halogenated alkanes) is 2. The first-order valence-corrected chi connectivity index (χ1v) is 7.93. The molecule has 0 aromatic carbocycles. The number of aromatic nitrogens is 1. The summed E-state index contributed by atoms with van der Waals surface area (Å²) in [5, 5.41) is 0. The van der Waals surface area contributed by atoms with Crippen molar-refractivity contribution in [1.82, 2.24) is 9.71 Å². The second kappa shape index (κ2) is 7.42. The van der Waals surface area contributed by atoms with Crippen LogP contribution in [-0.4, -0.2) is 19.4 Å². The predicted molar refractivity (Wildman–Crippen MR) is 76.0 cm³/mol. The summed E-state index contributed by atoms with van der Waals surface area (Å²) in [5.41, 5.74) is 2.33. The van der Waals surface area contributed by atoms with Crippen LogP contribution in [0, 0.1) is 0 Å². The van der Waals surface area contributed by atoms with Crippen molar-refractivity contribution in [3.63, 3.8) is 0 Å². The fraction of sp³-hybridized carbons (Fsp3) is 0.583. The highest BCUT2D eigenvalue weighted by atomic mass is 32.2. The Kier molecular flexibility index (Phi) is 6.20. The van der Waals surface area contributed by atoms with E-state index in [2.05, 4.69) is 22.1 Å². The van der Waals surface area contributed by atoms with Crippen molar-refractivity contribution in [3.05, 3.63) is 18.3 Å². The number of sulfonamides is 1. The Morgan fingerprint density at radius 3 is 2.79 bits per heavy atom. The van der Waals surface area contributed by atoms with E-state index in [4.69, 9.17) is 5.84 Å². The van der Waals surface area contributed by atoms with Crippen LogP contribution in [0.5, 0.6) is 0 Å². The SMILES string of the molecule is CCCCCC(C)NS(=O)(=O)c1ccnc(NN)c1. The molecule has 19 heavy (non-hydrogen) atoms. The molecule has 1 heterocycles. The van der Waals surface area contributed by atoms with Crippen molar-refractivity contribution in [1.29, 1.82) is 0 Å². The Bertz CT molecular complexity index is 490. The van der Waals surface area contributed by atoms with E-state index in [9.17, 15) is 8.42 Å². The minimum absolute atomic E-state index is 0.0843. The molecule has 0 bridgehead atoms. The lowest BCUT2D eigenvalue weighted by molar-refractivity contribution is 0.527. The fourth-order valence-electron chi connectivity index (χ4n) is 1.75. The Labute approximate surface area is 114 Å². The highest BCUT2D eigenvalue weighted by Gasteiger charge is 2.17. The maximum Gasteiger partial charge on any atom is 0.240 e.